The van der Waals surface area contributed by atoms with Crippen LogP contribution in [0.25, 0.3) is 16.3 Å². The van der Waals surface area contributed by atoms with Gasteiger partial charge >= 0.3 is 5.97 Å². The maximum absolute atomic E-state index is 12.2. The normalized spacial score (nSPS) is 18.9. The standard InChI is InChI=1S/C16H16N2O3S/c19-15(18-9-3-4-11(10-18)16(20)21)8-7-14-17-12-5-1-2-6-13(12)22-14/h1-2,5-8,11H,3-4,9-10H2,(H,20,21). The lowest BCUT2D eigenvalue weighted by molar-refractivity contribution is -0.144. The Morgan fingerprint density at radius 3 is 2.95 bits per heavy atom. The molecule has 1 atom stereocenters. The molecule has 1 aromatic heterocycles. The number of thiazole rings is 1. The predicted molar refractivity (Wildman–Crippen MR) is 85.6 cm³/mol. The fraction of sp³-hybridized carbons (Fsp3) is 0.312. The van der Waals surface area contributed by atoms with Crippen LogP contribution in [0.4, 0.5) is 0 Å². The Morgan fingerprint density at radius 2 is 2.18 bits per heavy atom. The Bertz CT molecular complexity index is 705. The van der Waals surface area contributed by atoms with E-state index in [1.165, 1.54) is 17.4 Å². The molecule has 22 heavy (non-hydrogen) atoms. The van der Waals surface area contributed by atoms with Crippen molar-refractivity contribution in [2.75, 3.05) is 13.1 Å². The number of carboxylic acid groups (broad SMARTS) is 1. The van der Waals surface area contributed by atoms with Gasteiger partial charge in [-0.05, 0) is 31.1 Å². The molecule has 0 radical (unpaired) electrons. The number of carboxylic acids is 1. The molecule has 0 aliphatic carbocycles. The summed E-state index contributed by atoms with van der Waals surface area (Å²) >= 11 is 1.53. The number of likely N-dealkylation sites (tertiary alicyclic amines) is 1. The number of piperidine rings is 1. The summed E-state index contributed by atoms with van der Waals surface area (Å²) in [7, 11) is 0. The zero-order chi connectivity index (χ0) is 15.5. The molecular weight excluding hydrogens is 300 g/mol. The zero-order valence-corrected chi connectivity index (χ0v) is 12.8. The Morgan fingerprint density at radius 1 is 1.36 bits per heavy atom. The number of amides is 1. The second-order valence-corrected chi connectivity index (χ2v) is 6.38. The lowest BCUT2D eigenvalue weighted by Gasteiger charge is -2.29. The van der Waals surface area contributed by atoms with E-state index in [0.717, 1.165) is 21.6 Å². The van der Waals surface area contributed by atoms with Crippen LogP contribution in [0.3, 0.4) is 0 Å². The van der Waals surface area contributed by atoms with E-state index in [0.29, 0.717) is 19.5 Å². The number of hydrogen-bond acceptors (Lipinski definition) is 4. The zero-order valence-electron chi connectivity index (χ0n) is 11.9. The Kier molecular flexibility index (Phi) is 4.20. The van der Waals surface area contributed by atoms with E-state index in [9.17, 15) is 9.59 Å². The Hall–Kier alpha value is -2.21. The summed E-state index contributed by atoms with van der Waals surface area (Å²) in [5.74, 6) is -1.42. The molecule has 2 heterocycles. The highest BCUT2D eigenvalue weighted by Gasteiger charge is 2.27. The maximum atomic E-state index is 12.2. The molecular formula is C16H16N2O3S. The SMILES string of the molecule is O=C(O)C1CCCN(C(=O)C=Cc2nc3ccccc3s2)C1. The molecule has 0 bridgehead atoms. The number of carbonyl (C=O) groups excluding carboxylic acids is 1. The van der Waals surface area contributed by atoms with Crippen molar-refractivity contribution in [3.63, 3.8) is 0 Å². The smallest absolute Gasteiger partial charge is 0.308 e. The molecule has 1 amide bonds. The van der Waals surface area contributed by atoms with Gasteiger partial charge in [-0.1, -0.05) is 12.1 Å². The van der Waals surface area contributed by atoms with Crippen LogP contribution < -0.4 is 0 Å². The molecule has 0 spiro atoms. The minimum atomic E-state index is -0.826. The second-order valence-electron chi connectivity index (χ2n) is 5.31. The summed E-state index contributed by atoms with van der Waals surface area (Å²) in [6, 6.07) is 7.82. The van der Waals surface area contributed by atoms with E-state index in [1.807, 2.05) is 24.3 Å². The number of para-hydroxylation sites is 1. The van der Waals surface area contributed by atoms with Gasteiger partial charge in [0.05, 0.1) is 16.1 Å². The monoisotopic (exact) mass is 316 g/mol. The number of fused-ring (bicyclic) bond motifs is 1. The number of carbonyl (C=O) groups is 2. The van der Waals surface area contributed by atoms with Crippen LogP contribution in [0.15, 0.2) is 30.3 Å². The van der Waals surface area contributed by atoms with E-state index in [2.05, 4.69) is 4.98 Å². The van der Waals surface area contributed by atoms with Crippen molar-refractivity contribution in [1.29, 1.82) is 0 Å². The lowest BCUT2D eigenvalue weighted by Crippen LogP contribution is -2.41. The Balaban J connectivity index is 1.69. The van der Waals surface area contributed by atoms with Gasteiger partial charge in [-0.2, -0.15) is 0 Å². The van der Waals surface area contributed by atoms with Crippen molar-refractivity contribution in [1.82, 2.24) is 9.88 Å². The van der Waals surface area contributed by atoms with E-state index in [-0.39, 0.29) is 5.91 Å². The average molecular weight is 316 g/mol. The number of aliphatic carboxylic acids is 1. The third kappa shape index (κ3) is 3.17. The fourth-order valence-electron chi connectivity index (χ4n) is 2.59. The van der Waals surface area contributed by atoms with Crippen molar-refractivity contribution in [2.45, 2.75) is 12.8 Å². The highest BCUT2D eigenvalue weighted by Crippen LogP contribution is 2.23. The van der Waals surface area contributed by atoms with Gasteiger partial charge < -0.3 is 10.0 Å². The summed E-state index contributed by atoms with van der Waals surface area (Å²) in [6.07, 6.45) is 4.57. The summed E-state index contributed by atoms with van der Waals surface area (Å²) in [6.45, 7) is 0.908. The van der Waals surface area contributed by atoms with Crippen LogP contribution in [0.2, 0.25) is 0 Å². The van der Waals surface area contributed by atoms with Crippen LogP contribution in [-0.4, -0.2) is 40.0 Å². The summed E-state index contributed by atoms with van der Waals surface area (Å²) in [5.41, 5.74) is 0.920. The Labute approximate surface area is 131 Å². The van der Waals surface area contributed by atoms with E-state index < -0.39 is 11.9 Å². The van der Waals surface area contributed by atoms with Crippen LogP contribution in [0.5, 0.6) is 0 Å². The highest BCUT2D eigenvalue weighted by molar-refractivity contribution is 7.19. The van der Waals surface area contributed by atoms with Crippen LogP contribution in [-0.2, 0) is 9.59 Å². The van der Waals surface area contributed by atoms with E-state index in [1.54, 1.807) is 11.0 Å². The largest absolute Gasteiger partial charge is 0.481 e. The van der Waals surface area contributed by atoms with Crippen molar-refractivity contribution < 1.29 is 14.7 Å². The van der Waals surface area contributed by atoms with Crippen LogP contribution in [0, 0.1) is 5.92 Å². The molecule has 1 aromatic carbocycles. The molecule has 1 saturated heterocycles. The fourth-order valence-corrected chi connectivity index (χ4v) is 3.46. The van der Waals surface area contributed by atoms with E-state index in [4.69, 9.17) is 5.11 Å². The lowest BCUT2D eigenvalue weighted by atomic mass is 9.98. The molecule has 1 unspecified atom stereocenters. The second kappa shape index (κ2) is 6.27. The number of aromatic nitrogens is 1. The highest BCUT2D eigenvalue weighted by atomic mass is 32.1. The van der Waals surface area contributed by atoms with Gasteiger partial charge in [-0.3, -0.25) is 9.59 Å². The van der Waals surface area contributed by atoms with Gasteiger partial charge in [-0.25, -0.2) is 4.98 Å². The average Bonchev–Trinajstić information content (AvgIpc) is 2.95. The molecule has 6 heteroatoms. The van der Waals surface area contributed by atoms with E-state index >= 15 is 0 Å². The number of nitrogens with zero attached hydrogens (tertiary/aromatic N) is 2. The first kappa shape index (κ1) is 14.7. The summed E-state index contributed by atoms with van der Waals surface area (Å²) in [5, 5.41) is 9.84. The van der Waals surface area contributed by atoms with Gasteiger partial charge in [0.25, 0.3) is 0 Å². The third-order valence-electron chi connectivity index (χ3n) is 3.76. The maximum Gasteiger partial charge on any atom is 0.308 e. The van der Waals surface area contributed by atoms with Gasteiger partial charge in [0.1, 0.15) is 5.01 Å². The molecule has 2 aromatic rings. The molecule has 1 N–H and O–H groups in total. The van der Waals surface area contributed by atoms with Gasteiger partial charge in [-0.15, -0.1) is 11.3 Å². The molecule has 114 valence electrons. The van der Waals surface area contributed by atoms with Gasteiger partial charge in [0.2, 0.25) is 5.91 Å². The molecule has 5 nitrogen and oxygen atoms in total. The van der Waals surface area contributed by atoms with Gasteiger partial charge in [0, 0.05) is 19.2 Å². The molecule has 3 rings (SSSR count). The third-order valence-corrected chi connectivity index (χ3v) is 4.76. The van der Waals surface area contributed by atoms with Crippen LogP contribution >= 0.6 is 11.3 Å². The molecule has 1 fully saturated rings. The minimum absolute atomic E-state index is 0.148. The summed E-state index contributed by atoms with van der Waals surface area (Å²) < 4.78 is 1.08. The number of benzene rings is 1. The topological polar surface area (TPSA) is 70.5 Å². The predicted octanol–water partition coefficient (Wildman–Crippen LogP) is 2.63. The first-order valence-electron chi connectivity index (χ1n) is 7.19. The molecule has 0 saturated carbocycles. The number of rotatable bonds is 3. The first-order chi connectivity index (χ1) is 10.6. The van der Waals surface area contributed by atoms with Crippen molar-refractivity contribution >= 4 is 39.5 Å². The quantitative estimate of drug-likeness (QED) is 0.884. The molecule has 1 aliphatic heterocycles. The van der Waals surface area contributed by atoms with Gasteiger partial charge in [0.15, 0.2) is 0 Å². The minimum Gasteiger partial charge on any atom is -0.481 e. The summed E-state index contributed by atoms with van der Waals surface area (Å²) in [4.78, 5) is 29.3. The van der Waals surface area contributed by atoms with Crippen molar-refractivity contribution in [3.05, 3.63) is 35.3 Å². The van der Waals surface area contributed by atoms with Crippen molar-refractivity contribution in [2.24, 2.45) is 5.92 Å². The van der Waals surface area contributed by atoms with Crippen LogP contribution in [0.1, 0.15) is 17.8 Å². The first-order valence-corrected chi connectivity index (χ1v) is 8.00. The molecule has 1 aliphatic rings. The van der Waals surface area contributed by atoms with Crippen molar-refractivity contribution in [3.8, 4) is 0 Å². The number of hydrogen-bond donors (Lipinski definition) is 1.